The van der Waals surface area contributed by atoms with Gasteiger partial charge in [-0.3, -0.25) is 14.4 Å². The van der Waals surface area contributed by atoms with Crippen molar-refractivity contribution >= 4 is 23.9 Å². The van der Waals surface area contributed by atoms with Crippen LogP contribution in [0.3, 0.4) is 0 Å². The summed E-state index contributed by atoms with van der Waals surface area (Å²) < 4.78 is 28.4. The van der Waals surface area contributed by atoms with Gasteiger partial charge in [-0.1, -0.05) is 246 Å². The Morgan fingerprint density at radius 3 is 1.27 bits per heavy atom. The summed E-state index contributed by atoms with van der Waals surface area (Å²) in [5.74, 6) is -3.24. The standard InChI is InChI=1S/C67H110O12/c1-4-7-10-13-16-19-22-25-27-29-30-32-34-37-40-43-46-49-52-55-61(70)78-65-63(72)62(71)64(66(73)74)79-67(65)76-57-58(77-60(69)54-51-48-45-42-39-35-24-21-18-15-12-9-6-3)56-75-59(68)53-50-47-44-41-38-36-33-31-28-26-23-20-17-14-11-8-5-2/h7,9-10,12,16,18-19,21,25,27,30,32,35,39,45,48,58,62-65,67,71-72H,4-6,8,11,13-15,17,20,22-24,26,28-29,31,33-34,36-38,40-44,46-47,49-57H2,1-3H3,(H,73,74)/b10-7-,12-9-,19-16-,21-18-,27-25-,32-30-,39-35-,48-45-. The molecular weight excluding hydrogens is 997 g/mol. The first kappa shape index (κ1) is 72.7. The van der Waals surface area contributed by atoms with Crippen molar-refractivity contribution in [2.24, 2.45) is 0 Å². The van der Waals surface area contributed by atoms with Crippen molar-refractivity contribution in [2.75, 3.05) is 13.2 Å². The van der Waals surface area contributed by atoms with Crippen molar-refractivity contribution in [3.8, 4) is 0 Å². The van der Waals surface area contributed by atoms with Gasteiger partial charge in [-0.2, -0.15) is 0 Å². The van der Waals surface area contributed by atoms with Gasteiger partial charge < -0.3 is 39.0 Å². The number of carbonyl (C=O) groups excluding carboxylic acids is 3. The quantitative estimate of drug-likeness (QED) is 0.0228. The van der Waals surface area contributed by atoms with E-state index in [1.807, 2.05) is 12.2 Å². The zero-order chi connectivity index (χ0) is 57.5. The van der Waals surface area contributed by atoms with Gasteiger partial charge in [-0.25, -0.2) is 4.79 Å². The van der Waals surface area contributed by atoms with Gasteiger partial charge >= 0.3 is 23.9 Å². The smallest absolute Gasteiger partial charge is 0.335 e. The minimum atomic E-state index is -1.92. The fraction of sp³-hybridized carbons (Fsp3) is 0.701. The molecule has 1 saturated heterocycles. The van der Waals surface area contributed by atoms with Crippen molar-refractivity contribution in [3.63, 3.8) is 0 Å². The highest BCUT2D eigenvalue weighted by Crippen LogP contribution is 2.26. The van der Waals surface area contributed by atoms with Gasteiger partial charge in [-0.15, -0.1) is 0 Å². The molecule has 1 heterocycles. The third kappa shape index (κ3) is 44.0. The molecule has 0 bridgehead atoms. The maximum Gasteiger partial charge on any atom is 0.335 e. The Hall–Kier alpha value is -4.36. The lowest BCUT2D eigenvalue weighted by atomic mass is 9.98. The van der Waals surface area contributed by atoms with Crippen LogP contribution in [-0.4, -0.2) is 89.2 Å². The van der Waals surface area contributed by atoms with Crippen LogP contribution in [0.4, 0.5) is 0 Å². The lowest BCUT2D eigenvalue weighted by molar-refractivity contribution is -0.301. The highest BCUT2D eigenvalue weighted by molar-refractivity contribution is 5.74. The van der Waals surface area contributed by atoms with Crippen LogP contribution in [-0.2, 0) is 42.9 Å². The lowest BCUT2D eigenvalue weighted by Gasteiger charge is -2.40. The molecule has 79 heavy (non-hydrogen) atoms. The normalized spacial score (nSPS) is 18.5. The molecule has 0 radical (unpaired) electrons. The van der Waals surface area contributed by atoms with Gasteiger partial charge in [0.05, 0.1) is 6.61 Å². The summed E-state index contributed by atoms with van der Waals surface area (Å²) in [6.45, 7) is 5.71. The van der Waals surface area contributed by atoms with Crippen molar-refractivity contribution in [2.45, 2.75) is 289 Å². The second-order valence-corrected chi connectivity index (χ2v) is 20.9. The number of rotatable bonds is 52. The number of aliphatic carboxylic acids is 1. The Kier molecular flexibility index (Phi) is 49.9. The third-order valence-electron chi connectivity index (χ3n) is 13.7. The van der Waals surface area contributed by atoms with Gasteiger partial charge in [0.2, 0.25) is 0 Å². The van der Waals surface area contributed by atoms with Crippen LogP contribution in [0.25, 0.3) is 0 Å². The van der Waals surface area contributed by atoms with E-state index in [9.17, 15) is 34.5 Å². The summed E-state index contributed by atoms with van der Waals surface area (Å²) >= 11 is 0. The second kappa shape index (κ2) is 54.2. The molecule has 0 aliphatic carbocycles. The molecule has 6 unspecified atom stereocenters. The Morgan fingerprint density at radius 1 is 0.430 bits per heavy atom. The Balaban J connectivity index is 2.69. The first-order valence-corrected chi connectivity index (χ1v) is 31.2. The molecule has 3 N–H and O–H groups in total. The number of aliphatic hydroxyl groups is 2. The minimum absolute atomic E-state index is 0.0330. The Bertz CT molecular complexity index is 1740. The second-order valence-electron chi connectivity index (χ2n) is 20.9. The fourth-order valence-corrected chi connectivity index (χ4v) is 8.96. The van der Waals surface area contributed by atoms with Crippen LogP contribution < -0.4 is 0 Å². The number of carboxylic acid groups (broad SMARTS) is 1. The van der Waals surface area contributed by atoms with Crippen LogP contribution in [0.5, 0.6) is 0 Å². The summed E-state index contributed by atoms with van der Waals surface area (Å²) in [5.41, 5.74) is 0. The summed E-state index contributed by atoms with van der Waals surface area (Å²) in [6, 6.07) is 0. The van der Waals surface area contributed by atoms with Crippen LogP contribution in [0.15, 0.2) is 97.2 Å². The molecule has 0 saturated carbocycles. The summed E-state index contributed by atoms with van der Waals surface area (Å²) in [4.78, 5) is 51.2. The zero-order valence-corrected chi connectivity index (χ0v) is 49.6. The van der Waals surface area contributed by atoms with Gasteiger partial charge in [-0.05, 0) is 83.5 Å². The Morgan fingerprint density at radius 2 is 0.823 bits per heavy atom. The number of aliphatic hydroxyl groups excluding tert-OH is 2. The van der Waals surface area contributed by atoms with Gasteiger partial charge in [0.1, 0.15) is 18.8 Å². The summed E-state index contributed by atoms with van der Waals surface area (Å²) in [7, 11) is 0. The molecule has 6 atom stereocenters. The van der Waals surface area contributed by atoms with Crippen LogP contribution in [0.2, 0.25) is 0 Å². The van der Waals surface area contributed by atoms with Crippen LogP contribution in [0.1, 0.15) is 252 Å². The largest absolute Gasteiger partial charge is 0.479 e. The molecule has 0 amide bonds. The fourth-order valence-electron chi connectivity index (χ4n) is 8.96. The first-order valence-electron chi connectivity index (χ1n) is 31.2. The highest BCUT2D eigenvalue weighted by atomic mass is 16.7. The van der Waals surface area contributed by atoms with E-state index in [1.54, 1.807) is 0 Å². The van der Waals surface area contributed by atoms with Gasteiger partial charge in [0.15, 0.2) is 24.6 Å². The van der Waals surface area contributed by atoms with Crippen molar-refractivity contribution in [1.29, 1.82) is 0 Å². The zero-order valence-electron chi connectivity index (χ0n) is 49.6. The van der Waals surface area contributed by atoms with E-state index in [1.165, 1.54) is 83.5 Å². The number of allylic oxidation sites excluding steroid dienone is 16. The number of hydrogen-bond donors (Lipinski definition) is 3. The maximum absolute atomic E-state index is 13.1. The predicted molar refractivity (Wildman–Crippen MR) is 321 cm³/mol. The molecule has 1 fully saturated rings. The molecule has 12 nitrogen and oxygen atoms in total. The van der Waals surface area contributed by atoms with Crippen LogP contribution >= 0.6 is 0 Å². The van der Waals surface area contributed by atoms with E-state index in [-0.39, 0.29) is 25.9 Å². The van der Waals surface area contributed by atoms with E-state index in [0.717, 1.165) is 103 Å². The van der Waals surface area contributed by atoms with Crippen LogP contribution in [0, 0.1) is 0 Å². The SMILES string of the molecule is CC/C=C\C/C=C\C/C=C\C/C=C\CCCCCCCCC(=O)OC1C(OCC(COC(=O)CCCCCCCCCCCCCCCCCCC)OC(=O)CC/C=C\C/C=C\C/C=C\C/C=C\CC)OC(C(=O)O)C(O)C1O. The number of unbranched alkanes of at least 4 members (excludes halogenated alkanes) is 22. The van der Waals surface area contributed by atoms with E-state index in [4.69, 9.17) is 23.7 Å². The summed E-state index contributed by atoms with van der Waals surface area (Å²) in [6.07, 6.45) is 59.6. The highest BCUT2D eigenvalue weighted by Gasteiger charge is 2.50. The summed E-state index contributed by atoms with van der Waals surface area (Å²) in [5, 5.41) is 31.5. The molecule has 0 aromatic heterocycles. The minimum Gasteiger partial charge on any atom is -0.479 e. The third-order valence-corrected chi connectivity index (χ3v) is 13.7. The molecule has 1 aliphatic rings. The molecule has 12 heteroatoms. The van der Waals surface area contributed by atoms with E-state index in [0.29, 0.717) is 25.7 Å². The van der Waals surface area contributed by atoms with Gasteiger partial charge in [0.25, 0.3) is 0 Å². The molecule has 1 aliphatic heterocycles. The van der Waals surface area contributed by atoms with Crippen molar-refractivity contribution < 1.29 is 58.2 Å². The van der Waals surface area contributed by atoms with Gasteiger partial charge in [0, 0.05) is 19.3 Å². The van der Waals surface area contributed by atoms with E-state index >= 15 is 0 Å². The molecular formula is C67H110O12. The van der Waals surface area contributed by atoms with Crippen molar-refractivity contribution in [3.05, 3.63) is 97.2 Å². The average molecular weight is 1110 g/mol. The average Bonchev–Trinajstić information content (AvgIpc) is 3.46. The number of carbonyl (C=O) groups is 4. The lowest BCUT2D eigenvalue weighted by Crippen LogP contribution is -2.61. The number of carboxylic acids is 1. The monoisotopic (exact) mass is 1110 g/mol. The molecule has 450 valence electrons. The number of esters is 3. The number of hydrogen-bond acceptors (Lipinski definition) is 11. The van der Waals surface area contributed by atoms with E-state index in [2.05, 4.69) is 106 Å². The molecule has 0 aromatic rings. The topological polar surface area (TPSA) is 175 Å². The Labute approximate surface area is 479 Å². The first-order chi connectivity index (χ1) is 38.6. The molecule has 0 spiro atoms. The molecule has 0 aromatic carbocycles. The molecule has 1 rings (SSSR count). The van der Waals surface area contributed by atoms with E-state index < -0.39 is 67.3 Å². The predicted octanol–water partition coefficient (Wildman–Crippen LogP) is 16.5. The van der Waals surface area contributed by atoms with Crippen molar-refractivity contribution in [1.82, 2.24) is 0 Å². The maximum atomic E-state index is 13.1. The number of ether oxygens (including phenoxy) is 5.